The zero-order chi connectivity index (χ0) is 16.9. The van der Waals surface area contributed by atoms with Crippen LogP contribution in [0.1, 0.15) is 21.6 Å². The second-order valence-electron chi connectivity index (χ2n) is 5.51. The molecule has 0 bridgehead atoms. The van der Waals surface area contributed by atoms with Crippen molar-refractivity contribution in [3.05, 3.63) is 77.6 Å². The maximum atomic E-state index is 12.4. The second kappa shape index (κ2) is 6.91. The van der Waals surface area contributed by atoms with Gasteiger partial charge in [0.2, 0.25) is 5.95 Å². The van der Waals surface area contributed by atoms with E-state index in [0.29, 0.717) is 11.6 Å². The summed E-state index contributed by atoms with van der Waals surface area (Å²) < 4.78 is 0. The fourth-order valence-corrected chi connectivity index (χ4v) is 2.21. The molecule has 0 aliphatic heterocycles. The molecule has 2 aromatic carbocycles. The Morgan fingerprint density at radius 1 is 0.917 bits per heavy atom. The lowest BCUT2D eigenvalue weighted by molar-refractivity contribution is 0.102. The molecular formula is C19H18N4O. The minimum absolute atomic E-state index is 0.267. The molecule has 5 nitrogen and oxygen atoms in total. The molecule has 1 heterocycles. The fourth-order valence-electron chi connectivity index (χ4n) is 2.21. The Hall–Kier alpha value is -3.21. The first-order valence-electron chi connectivity index (χ1n) is 7.65. The van der Waals surface area contributed by atoms with Gasteiger partial charge in [-0.2, -0.15) is 0 Å². The van der Waals surface area contributed by atoms with Gasteiger partial charge in [0.05, 0.1) is 0 Å². The van der Waals surface area contributed by atoms with Crippen molar-refractivity contribution in [3.8, 4) is 0 Å². The van der Waals surface area contributed by atoms with Crippen molar-refractivity contribution in [2.45, 2.75) is 13.8 Å². The molecule has 0 aliphatic carbocycles. The molecule has 0 radical (unpaired) electrons. The number of anilines is 3. The number of aryl methyl sites for hydroxylation is 2. The summed E-state index contributed by atoms with van der Waals surface area (Å²) in [5.41, 5.74) is 4.23. The Morgan fingerprint density at radius 3 is 2.46 bits per heavy atom. The SMILES string of the molecule is Cc1ccc(NC(=O)c2ccnc(Nc3ccccc3)n2)cc1C. The minimum atomic E-state index is -0.267. The van der Waals surface area contributed by atoms with Gasteiger partial charge in [-0.15, -0.1) is 0 Å². The van der Waals surface area contributed by atoms with Gasteiger partial charge < -0.3 is 10.6 Å². The molecule has 0 unspecified atom stereocenters. The number of benzene rings is 2. The topological polar surface area (TPSA) is 66.9 Å². The lowest BCUT2D eigenvalue weighted by Crippen LogP contribution is -2.15. The molecule has 1 aromatic heterocycles. The van der Waals surface area contributed by atoms with E-state index in [9.17, 15) is 4.79 Å². The first-order valence-corrected chi connectivity index (χ1v) is 7.65. The van der Waals surface area contributed by atoms with Crippen LogP contribution in [0.15, 0.2) is 60.8 Å². The van der Waals surface area contributed by atoms with E-state index in [1.807, 2.05) is 62.4 Å². The number of hydrogen-bond acceptors (Lipinski definition) is 4. The van der Waals surface area contributed by atoms with E-state index in [0.717, 1.165) is 16.9 Å². The number of amides is 1. The zero-order valence-corrected chi connectivity index (χ0v) is 13.6. The highest BCUT2D eigenvalue weighted by Crippen LogP contribution is 2.16. The molecule has 0 atom stereocenters. The van der Waals surface area contributed by atoms with Crippen molar-refractivity contribution in [1.82, 2.24) is 9.97 Å². The number of nitrogens with zero attached hydrogens (tertiary/aromatic N) is 2. The smallest absolute Gasteiger partial charge is 0.274 e. The van der Waals surface area contributed by atoms with E-state index in [1.165, 1.54) is 5.56 Å². The van der Waals surface area contributed by atoms with E-state index in [1.54, 1.807) is 12.3 Å². The van der Waals surface area contributed by atoms with Gasteiger partial charge in [0.25, 0.3) is 5.91 Å². The monoisotopic (exact) mass is 318 g/mol. The van der Waals surface area contributed by atoms with E-state index in [2.05, 4.69) is 20.6 Å². The van der Waals surface area contributed by atoms with Gasteiger partial charge >= 0.3 is 0 Å². The third kappa shape index (κ3) is 3.76. The molecule has 3 rings (SSSR count). The zero-order valence-electron chi connectivity index (χ0n) is 13.6. The average Bonchev–Trinajstić information content (AvgIpc) is 2.59. The van der Waals surface area contributed by atoms with Crippen LogP contribution in [0.5, 0.6) is 0 Å². The molecule has 120 valence electrons. The average molecular weight is 318 g/mol. The number of aromatic nitrogens is 2. The van der Waals surface area contributed by atoms with Crippen LogP contribution in [0, 0.1) is 13.8 Å². The molecule has 5 heteroatoms. The molecular weight excluding hydrogens is 300 g/mol. The molecule has 0 saturated heterocycles. The number of para-hydroxylation sites is 1. The molecule has 24 heavy (non-hydrogen) atoms. The predicted octanol–water partition coefficient (Wildman–Crippen LogP) is 4.09. The van der Waals surface area contributed by atoms with Gasteiger partial charge in [-0.25, -0.2) is 9.97 Å². The van der Waals surface area contributed by atoms with Crippen LogP contribution in [0.25, 0.3) is 0 Å². The van der Waals surface area contributed by atoms with Crippen LogP contribution >= 0.6 is 0 Å². The van der Waals surface area contributed by atoms with Crippen LogP contribution in [-0.2, 0) is 0 Å². The van der Waals surface area contributed by atoms with E-state index >= 15 is 0 Å². The number of nitrogens with one attached hydrogen (secondary N) is 2. The van der Waals surface area contributed by atoms with Gasteiger partial charge in [-0.05, 0) is 55.3 Å². The summed E-state index contributed by atoms with van der Waals surface area (Å²) in [5.74, 6) is 0.116. The van der Waals surface area contributed by atoms with Crippen LogP contribution in [0.3, 0.4) is 0 Å². The molecule has 2 N–H and O–H groups in total. The summed E-state index contributed by atoms with van der Waals surface area (Å²) in [4.78, 5) is 20.8. The van der Waals surface area contributed by atoms with Crippen molar-refractivity contribution in [2.24, 2.45) is 0 Å². The highest BCUT2D eigenvalue weighted by Gasteiger charge is 2.10. The van der Waals surface area contributed by atoms with Crippen LogP contribution in [-0.4, -0.2) is 15.9 Å². The van der Waals surface area contributed by atoms with Gasteiger partial charge in [-0.3, -0.25) is 4.79 Å². The number of rotatable bonds is 4. The van der Waals surface area contributed by atoms with E-state index in [4.69, 9.17) is 0 Å². The Bertz CT molecular complexity index is 862. The maximum absolute atomic E-state index is 12.4. The molecule has 0 saturated carbocycles. The molecule has 3 aromatic rings. The van der Waals surface area contributed by atoms with Crippen LogP contribution < -0.4 is 10.6 Å². The summed E-state index contributed by atoms with van der Waals surface area (Å²) in [7, 11) is 0. The highest BCUT2D eigenvalue weighted by molar-refractivity contribution is 6.03. The summed E-state index contributed by atoms with van der Waals surface area (Å²) >= 11 is 0. The van der Waals surface area contributed by atoms with Crippen molar-refractivity contribution in [3.63, 3.8) is 0 Å². The first kappa shape index (κ1) is 15.7. The van der Waals surface area contributed by atoms with Crippen LogP contribution in [0.4, 0.5) is 17.3 Å². The lowest BCUT2D eigenvalue weighted by atomic mass is 10.1. The molecule has 1 amide bonds. The summed E-state index contributed by atoms with van der Waals surface area (Å²) in [6.45, 7) is 4.05. The standard InChI is InChI=1S/C19H18N4O/c1-13-8-9-16(12-14(13)2)21-18(24)17-10-11-20-19(23-17)22-15-6-4-3-5-7-15/h3-12H,1-2H3,(H,21,24)(H,20,22,23). The third-order valence-corrected chi connectivity index (χ3v) is 3.68. The lowest BCUT2D eigenvalue weighted by Gasteiger charge is -2.08. The maximum Gasteiger partial charge on any atom is 0.274 e. The van der Waals surface area contributed by atoms with Crippen molar-refractivity contribution >= 4 is 23.2 Å². The van der Waals surface area contributed by atoms with Gasteiger partial charge in [0.1, 0.15) is 5.69 Å². The van der Waals surface area contributed by atoms with Crippen molar-refractivity contribution in [2.75, 3.05) is 10.6 Å². The summed E-state index contributed by atoms with van der Waals surface area (Å²) in [6.07, 6.45) is 1.56. The predicted molar refractivity (Wildman–Crippen MR) is 95.6 cm³/mol. The molecule has 0 fully saturated rings. The Morgan fingerprint density at radius 2 is 1.71 bits per heavy atom. The summed E-state index contributed by atoms with van der Waals surface area (Å²) in [6, 6.07) is 17.0. The van der Waals surface area contributed by atoms with Crippen LogP contribution in [0.2, 0.25) is 0 Å². The fraction of sp³-hybridized carbons (Fsp3) is 0.105. The quantitative estimate of drug-likeness (QED) is 0.760. The first-order chi connectivity index (χ1) is 11.6. The Balaban J connectivity index is 1.75. The third-order valence-electron chi connectivity index (χ3n) is 3.68. The minimum Gasteiger partial charge on any atom is -0.324 e. The van der Waals surface area contributed by atoms with Gasteiger partial charge in [-0.1, -0.05) is 24.3 Å². The van der Waals surface area contributed by atoms with E-state index < -0.39 is 0 Å². The highest BCUT2D eigenvalue weighted by atomic mass is 16.1. The second-order valence-corrected chi connectivity index (χ2v) is 5.51. The Kier molecular flexibility index (Phi) is 4.52. The number of carbonyl (C=O) groups is 1. The normalized spacial score (nSPS) is 10.2. The largest absolute Gasteiger partial charge is 0.324 e. The Labute approximate surface area is 140 Å². The van der Waals surface area contributed by atoms with Crippen molar-refractivity contribution < 1.29 is 4.79 Å². The molecule has 0 aliphatic rings. The number of hydrogen-bond donors (Lipinski definition) is 2. The van der Waals surface area contributed by atoms with Crippen molar-refractivity contribution in [1.29, 1.82) is 0 Å². The van der Waals surface area contributed by atoms with Gasteiger partial charge in [0.15, 0.2) is 0 Å². The van der Waals surface area contributed by atoms with Gasteiger partial charge in [0, 0.05) is 17.6 Å². The number of carbonyl (C=O) groups excluding carboxylic acids is 1. The summed E-state index contributed by atoms with van der Waals surface area (Å²) in [5, 5.41) is 5.94. The van der Waals surface area contributed by atoms with E-state index in [-0.39, 0.29) is 5.91 Å². The molecule has 0 spiro atoms.